The van der Waals surface area contributed by atoms with Gasteiger partial charge in [0.25, 0.3) is 5.91 Å². The minimum atomic E-state index is -0.100. The van der Waals surface area contributed by atoms with Crippen LogP contribution in [0.5, 0.6) is 0 Å². The maximum Gasteiger partial charge on any atom is 0.251 e. The lowest BCUT2D eigenvalue weighted by Gasteiger charge is -2.20. The van der Waals surface area contributed by atoms with E-state index in [2.05, 4.69) is 36.4 Å². The number of rotatable bonds is 4. The summed E-state index contributed by atoms with van der Waals surface area (Å²) in [4.78, 5) is 17.0. The van der Waals surface area contributed by atoms with Crippen LogP contribution in [0.3, 0.4) is 0 Å². The molecule has 0 saturated carbocycles. The standard InChI is InChI=1S/C16H25N3O2/c1-5-17-14-9-11(8-13(19-14)16(2,3)4)15(20)18-12-6-7-21-10-12/h8-9,12H,5-7,10H2,1-4H3,(H,17,19)(H,18,20). The molecular weight excluding hydrogens is 266 g/mol. The lowest BCUT2D eigenvalue weighted by atomic mass is 9.90. The largest absolute Gasteiger partial charge is 0.379 e. The van der Waals surface area contributed by atoms with Gasteiger partial charge in [-0.3, -0.25) is 4.79 Å². The maximum atomic E-state index is 12.4. The van der Waals surface area contributed by atoms with E-state index < -0.39 is 0 Å². The molecule has 1 aliphatic heterocycles. The smallest absolute Gasteiger partial charge is 0.251 e. The Morgan fingerprint density at radius 3 is 2.76 bits per heavy atom. The molecule has 0 aromatic carbocycles. The van der Waals surface area contributed by atoms with E-state index in [4.69, 9.17) is 4.74 Å². The summed E-state index contributed by atoms with van der Waals surface area (Å²) in [7, 11) is 0. The van der Waals surface area contributed by atoms with Crippen LogP contribution in [0, 0.1) is 0 Å². The van der Waals surface area contributed by atoms with E-state index >= 15 is 0 Å². The summed E-state index contributed by atoms with van der Waals surface area (Å²) in [5.41, 5.74) is 1.46. The zero-order valence-corrected chi connectivity index (χ0v) is 13.3. The first-order valence-corrected chi connectivity index (χ1v) is 7.55. The summed E-state index contributed by atoms with van der Waals surface area (Å²) < 4.78 is 5.29. The van der Waals surface area contributed by atoms with Gasteiger partial charge in [0.2, 0.25) is 0 Å². The molecule has 1 amide bonds. The summed E-state index contributed by atoms with van der Waals surface area (Å²) in [5, 5.41) is 6.22. The zero-order valence-electron chi connectivity index (χ0n) is 13.3. The van der Waals surface area contributed by atoms with Crippen molar-refractivity contribution in [3.63, 3.8) is 0 Å². The van der Waals surface area contributed by atoms with Gasteiger partial charge in [-0.25, -0.2) is 4.98 Å². The number of hydrogen-bond acceptors (Lipinski definition) is 4. The molecule has 5 nitrogen and oxygen atoms in total. The number of carbonyl (C=O) groups is 1. The number of carbonyl (C=O) groups excluding carboxylic acids is 1. The predicted octanol–water partition coefficient (Wildman–Crippen LogP) is 2.33. The Hall–Kier alpha value is -1.62. The van der Waals surface area contributed by atoms with Crippen LogP contribution in [0.25, 0.3) is 0 Å². The van der Waals surface area contributed by atoms with Gasteiger partial charge in [0.05, 0.1) is 12.6 Å². The molecule has 1 aliphatic rings. The molecule has 1 aromatic heterocycles. The molecule has 2 rings (SSSR count). The molecule has 1 aromatic rings. The minimum Gasteiger partial charge on any atom is -0.379 e. The normalized spacial score (nSPS) is 18.6. The molecule has 0 radical (unpaired) electrons. The summed E-state index contributed by atoms with van der Waals surface area (Å²) in [6, 6.07) is 3.81. The topological polar surface area (TPSA) is 63.2 Å². The highest BCUT2D eigenvalue weighted by Crippen LogP contribution is 2.23. The lowest BCUT2D eigenvalue weighted by molar-refractivity contribution is 0.0929. The molecular formula is C16H25N3O2. The second-order valence-electron chi connectivity index (χ2n) is 6.44. The van der Waals surface area contributed by atoms with Crippen LogP contribution >= 0.6 is 0 Å². The van der Waals surface area contributed by atoms with Crippen LogP contribution in [0.15, 0.2) is 12.1 Å². The molecule has 0 bridgehead atoms. The van der Waals surface area contributed by atoms with Gasteiger partial charge >= 0.3 is 0 Å². The van der Waals surface area contributed by atoms with Gasteiger partial charge in [0.1, 0.15) is 5.82 Å². The van der Waals surface area contributed by atoms with Crippen LogP contribution in [0.2, 0.25) is 0 Å². The number of anilines is 1. The van der Waals surface area contributed by atoms with Crippen LogP contribution in [-0.2, 0) is 10.2 Å². The van der Waals surface area contributed by atoms with Crippen LogP contribution in [0.1, 0.15) is 50.2 Å². The molecule has 1 saturated heterocycles. The Balaban J connectivity index is 2.23. The fourth-order valence-corrected chi connectivity index (χ4v) is 2.23. The third-order valence-electron chi connectivity index (χ3n) is 3.48. The van der Waals surface area contributed by atoms with E-state index in [1.807, 2.05) is 19.1 Å². The second-order valence-corrected chi connectivity index (χ2v) is 6.44. The first kappa shape index (κ1) is 15.8. The van der Waals surface area contributed by atoms with E-state index in [9.17, 15) is 4.79 Å². The summed E-state index contributed by atoms with van der Waals surface area (Å²) in [6.07, 6.45) is 0.878. The summed E-state index contributed by atoms with van der Waals surface area (Å²) >= 11 is 0. The van der Waals surface area contributed by atoms with Crippen molar-refractivity contribution in [3.05, 3.63) is 23.4 Å². The zero-order chi connectivity index (χ0) is 15.5. The van der Waals surface area contributed by atoms with Gasteiger partial charge in [-0.1, -0.05) is 20.8 Å². The highest BCUT2D eigenvalue weighted by Gasteiger charge is 2.22. The van der Waals surface area contributed by atoms with Gasteiger partial charge in [-0.2, -0.15) is 0 Å². The van der Waals surface area contributed by atoms with Crippen molar-refractivity contribution in [1.29, 1.82) is 0 Å². The number of ether oxygens (including phenoxy) is 1. The van der Waals surface area contributed by atoms with Crippen molar-refractivity contribution >= 4 is 11.7 Å². The number of pyridine rings is 1. The van der Waals surface area contributed by atoms with Gasteiger partial charge in [-0.15, -0.1) is 0 Å². The van der Waals surface area contributed by atoms with Crippen molar-refractivity contribution < 1.29 is 9.53 Å². The van der Waals surface area contributed by atoms with Gasteiger partial charge in [0.15, 0.2) is 0 Å². The Labute approximate surface area is 126 Å². The number of hydrogen-bond donors (Lipinski definition) is 2. The van der Waals surface area contributed by atoms with Crippen LogP contribution in [-0.4, -0.2) is 36.7 Å². The van der Waals surface area contributed by atoms with Crippen molar-refractivity contribution in [2.45, 2.75) is 45.6 Å². The summed E-state index contributed by atoms with van der Waals surface area (Å²) in [6.45, 7) is 10.4. The Bertz CT molecular complexity index is 503. The van der Waals surface area contributed by atoms with Crippen molar-refractivity contribution in [2.24, 2.45) is 0 Å². The maximum absolute atomic E-state index is 12.4. The third-order valence-corrected chi connectivity index (χ3v) is 3.48. The fraction of sp³-hybridized carbons (Fsp3) is 0.625. The fourth-order valence-electron chi connectivity index (χ4n) is 2.23. The Kier molecular flexibility index (Phi) is 4.83. The van der Waals surface area contributed by atoms with E-state index in [0.717, 1.165) is 31.1 Å². The van der Waals surface area contributed by atoms with E-state index in [1.165, 1.54) is 0 Å². The third kappa shape index (κ3) is 4.17. The van der Waals surface area contributed by atoms with Crippen molar-refractivity contribution in [2.75, 3.05) is 25.1 Å². The SMILES string of the molecule is CCNc1cc(C(=O)NC2CCOC2)cc(C(C)(C)C)n1. The molecule has 0 aliphatic carbocycles. The Morgan fingerprint density at radius 1 is 1.43 bits per heavy atom. The number of nitrogens with zero attached hydrogens (tertiary/aromatic N) is 1. The van der Waals surface area contributed by atoms with E-state index in [0.29, 0.717) is 12.2 Å². The highest BCUT2D eigenvalue weighted by molar-refractivity contribution is 5.95. The first-order valence-electron chi connectivity index (χ1n) is 7.55. The average Bonchev–Trinajstić information content (AvgIpc) is 2.90. The van der Waals surface area contributed by atoms with Crippen molar-refractivity contribution in [1.82, 2.24) is 10.3 Å². The molecule has 21 heavy (non-hydrogen) atoms. The molecule has 116 valence electrons. The molecule has 2 N–H and O–H groups in total. The Morgan fingerprint density at radius 2 is 2.19 bits per heavy atom. The van der Waals surface area contributed by atoms with Crippen LogP contribution in [0.4, 0.5) is 5.82 Å². The van der Waals surface area contributed by atoms with Gasteiger partial charge in [0, 0.05) is 29.8 Å². The first-order chi connectivity index (χ1) is 9.90. The number of nitrogens with one attached hydrogen (secondary N) is 2. The lowest BCUT2D eigenvalue weighted by Crippen LogP contribution is -2.35. The number of amides is 1. The second kappa shape index (κ2) is 6.43. The monoisotopic (exact) mass is 291 g/mol. The number of aromatic nitrogens is 1. The molecule has 5 heteroatoms. The highest BCUT2D eigenvalue weighted by atomic mass is 16.5. The van der Waals surface area contributed by atoms with E-state index in [1.54, 1.807) is 0 Å². The minimum absolute atomic E-state index is 0.0578. The average molecular weight is 291 g/mol. The molecule has 1 fully saturated rings. The van der Waals surface area contributed by atoms with Gasteiger partial charge < -0.3 is 15.4 Å². The molecule has 2 heterocycles. The van der Waals surface area contributed by atoms with E-state index in [-0.39, 0.29) is 17.4 Å². The van der Waals surface area contributed by atoms with Crippen LogP contribution < -0.4 is 10.6 Å². The summed E-state index contributed by atoms with van der Waals surface area (Å²) in [5.74, 6) is 0.690. The predicted molar refractivity (Wildman–Crippen MR) is 83.8 cm³/mol. The van der Waals surface area contributed by atoms with Gasteiger partial charge in [-0.05, 0) is 25.5 Å². The molecule has 0 spiro atoms. The quantitative estimate of drug-likeness (QED) is 0.893. The molecule has 1 atom stereocenters. The van der Waals surface area contributed by atoms with Crippen molar-refractivity contribution in [3.8, 4) is 0 Å². The molecule has 1 unspecified atom stereocenters.